The molecule has 0 bridgehead atoms. The smallest absolute Gasteiger partial charge is 0.166 e. The Morgan fingerprint density at radius 3 is 2.09 bits per heavy atom. The molecule has 0 unspecified atom stereocenters. The second-order valence-corrected chi connectivity index (χ2v) is 9.60. The fraction of sp³-hybridized carbons (Fsp3) is 0.355. The number of halogens is 4. The highest BCUT2D eigenvalue weighted by molar-refractivity contribution is 5.72. The first kappa shape index (κ1) is 25.2. The van der Waals surface area contributed by atoms with Gasteiger partial charge in [0.15, 0.2) is 23.3 Å². The summed E-state index contributed by atoms with van der Waals surface area (Å²) in [5, 5.41) is 0. The summed E-state index contributed by atoms with van der Waals surface area (Å²) in [6, 6.07) is 13.5. The van der Waals surface area contributed by atoms with Crippen LogP contribution in [-0.4, -0.2) is 0 Å². The van der Waals surface area contributed by atoms with Crippen molar-refractivity contribution < 1.29 is 17.6 Å². The zero-order valence-electron chi connectivity index (χ0n) is 20.4. The molecule has 0 aromatic heterocycles. The third-order valence-electron chi connectivity index (χ3n) is 7.36. The summed E-state index contributed by atoms with van der Waals surface area (Å²) >= 11 is 0. The van der Waals surface area contributed by atoms with Crippen molar-refractivity contribution in [1.29, 1.82) is 0 Å². The van der Waals surface area contributed by atoms with Gasteiger partial charge in [0.2, 0.25) is 0 Å². The molecule has 184 valence electrons. The van der Waals surface area contributed by atoms with Crippen LogP contribution >= 0.6 is 0 Å². The van der Waals surface area contributed by atoms with E-state index >= 15 is 4.39 Å². The lowest BCUT2D eigenvalue weighted by Crippen LogP contribution is -2.14. The summed E-state index contributed by atoms with van der Waals surface area (Å²) in [6.07, 6.45) is 9.51. The van der Waals surface area contributed by atoms with E-state index in [1.165, 1.54) is 6.08 Å². The Morgan fingerprint density at radius 2 is 1.43 bits per heavy atom. The van der Waals surface area contributed by atoms with Crippen molar-refractivity contribution in [3.8, 4) is 11.1 Å². The van der Waals surface area contributed by atoms with Crippen molar-refractivity contribution in [2.24, 2.45) is 5.92 Å². The minimum absolute atomic E-state index is 0.0788. The summed E-state index contributed by atoms with van der Waals surface area (Å²) in [5.74, 6) is -2.44. The fourth-order valence-corrected chi connectivity index (χ4v) is 5.14. The van der Waals surface area contributed by atoms with Crippen molar-refractivity contribution in [1.82, 2.24) is 0 Å². The van der Waals surface area contributed by atoms with Crippen molar-refractivity contribution in [3.63, 3.8) is 0 Å². The normalized spacial score (nSPS) is 18.3. The molecule has 1 saturated carbocycles. The minimum atomic E-state index is -0.857. The second kappa shape index (κ2) is 11.2. The molecule has 1 aliphatic carbocycles. The Balaban J connectivity index is 1.50. The van der Waals surface area contributed by atoms with Crippen LogP contribution in [0, 0.1) is 29.2 Å². The first-order chi connectivity index (χ1) is 16.9. The maximum Gasteiger partial charge on any atom is 0.166 e. The molecule has 3 aromatic carbocycles. The van der Waals surface area contributed by atoms with E-state index in [4.69, 9.17) is 0 Å². The van der Waals surface area contributed by atoms with Crippen LogP contribution in [0.5, 0.6) is 0 Å². The lowest BCUT2D eigenvalue weighted by molar-refractivity contribution is 0.312. The molecule has 0 aliphatic heterocycles. The highest BCUT2D eigenvalue weighted by atomic mass is 19.2. The van der Waals surface area contributed by atoms with Crippen LogP contribution in [0.3, 0.4) is 0 Å². The Morgan fingerprint density at radius 1 is 0.714 bits per heavy atom. The van der Waals surface area contributed by atoms with E-state index in [9.17, 15) is 13.2 Å². The van der Waals surface area contributed by atoms with Gasteiger partial charge in [-0.25, -0.2) is 17.6 Å². The molecule has 0 N–H and O–H groups in total. The van der Waals surface area contributed by atoms with Gasteiger partial charge in [-0.1, -0.05) is 87.4 Å². The highest BCUT2D eigenvalue weighted by Gasteiger charge is 2.26. The summed E-state index contributed by atoms with van der Waals surface area (Å²) in [4.78, 5) is 0. The van der Waals surface area contributed by atoms with Gasteiger partial charge in [-0.05, 0) is 66.2 Å². The van der Waals surface area contributed by atoms with Gasteiger partial charge in [0.1, 0.15) is 0 Å². The van der Waals surface area contributed by atoms with Crippen LogP contribution in [0.25, 0.3) is 23.3 Å². The van der Waals surface area contributed by atoms with Gasteiger partial charge < -0.3 is 0 Å². The SMILES string of the molecule is CCCc1ccc(C=Cc2ccc(-c3ccc(C4CCC(CC)CC4)c(F)c3F)cc2)c(F)c1F. The number of aryl methyl sites for hydroxylation is 1. The Kier molecular flexibility index (Phi) is 8.10. The third kappa shape index (κ3) is 5.52. The molecule has 4 heteroatoms. The molecule has 0 saturated heterocycles. The van der Waals surface area contributed by atoms with Gasteiger partial charge in [-0.2, -0.15) is 0 Å². The predicted octanol–water partition coefficient (Wildman–Crippen LogP) is 9.72. The minimum Gasteiger partial charge on any atom is -0.203 e. The molecule has 0 atom stereocenters. The van der Waals surface area contributed by atoms with Gasteiger partial charge in [-0.3, -0.25) is 0 Å². The van der Waals surface area contributed by atoms with Gasteiger partial charge in [0, 0.05) is 11.1 Å². The molecule has 0 spiro atoms. The fourth-order valence-electron chi connectivity index (χ4n) is 5.14. The van der Waals surface area contributed by atoms with Gasteiger partial charge in [-0.15, -0.1) is 0 Å². The molecule has 0 nitrogen and oxygen atoms in total. The number of hydrogen-bond acceptors (Lipinski definition) is 0. The van der Waals surface area contributed by atoms with Crippen LogP contribution < -0.4 is 0 Å². The second-order valence-electron chi connectivity index (χ2n) is 9.60. The first-order valence-corrected chi connectivity index (χ1v) is 12.7. The van der Waals surface area contributed by atoms with E-state index in [1.807, 2.05) is 6.92 Å². The molecule has 1 fully saturated rings. The molecule has 35 heavy (non-hydrogen) atoms. The highest BCUT2D eigenvalue weighted by Crippen LogP contribution is 2.39. The quantitative estimate of drug-likeness (QED) is 0.233. The number of benzene rings is 3. The molecular formula is C31H32F4. The van der Waals surface area contributed by atoms with Crippen LogP contribution in [0.1, 0.15) is 80.5 Å². The average Bonchev–Trinajstić information content (AvgIpc) is 2.88. The van der Waals surface area contributed by atoms with Crippen LogP contribution in [-0.2, 0) is 6.42 Å². The molecular weight excluding hydrogens is 448 g/mol. The Hall–Kier alpha value is -2.88. The number of rotatable bonds is 7. The monoisotopic (exact) mass is 480 g/mol. The molecule has 1 aliphatic rings. The van der Waals surface area contributed by atoms with Crippen molar-refractivity contribution >= 4 is 12.2 Å². The summed E-state index contributed by atoms with van der Waals surface area (Å²) in [5.41, 5.74) is 2.57. The molecule has 0 amide bonds. The third-order valence-corrected chi connectivity index (χ3v) is 7.36. The van der Waals surface area contributed by atoms with Crippen molar-refractivity contribution in [3.05, 3.63) is 94.1 Å². The molecule has 4 rings (SSSR count). The van der Waals surface area contributed by atoms with Gasteiger partial charge >= 0.3 is 0 Å². The van der Waals surface area contributed by atoms with Crippen LogP contribution in [0.2, 0.25) is 0 Å². The lowest BCUT2D eigenvalue weighted by atomic mass is 9.77. The maximum atomic E-state index is 15.0. The van der Waals surface area contributed by atoms with Crippen molar-refractivity contribution in [2.45, 2.75) is 64.7 Å². The molecule has 3 aromatic rings. The van der Waals surface area contributed by atoms with Gasteiger partial charge in [0.25, 0.3) is 0 Å². The van der Waals surface area contributed by atoms with E-state index in [0.29, 0.717) is 29.0 Å². The number of hydrogen-bond donors (Lipinski definition) is 0. The zero-order valence-corrected chi connectivity index (χ0v) is 20.4. The van der Waals surface area contributed by atoms with E-state index < -0.39 is 23.3 Å². The summed E-state index contributed by atoms with van der Waals surface area (Å²) in [7, 11) is 0. The topological polar surface area (TPSA) is 0 Å². The zero-order chi connectivity index (χ0) is 24.9. The lowest BCUT2D eigenvalue weighted by Gasteiger charge is -2.28. The standard InChI is InChI=1S/C31H32F4/c1-3-5-24-16-17-25(29(33)28(24)32)15-10-21-8-13-23(14-9-21)27-19-18-26(30(34)31(27)35)22-11-6-20(4-2)7-12-22/h8-10,13-20,22H,3-7,11-12H2,1-2H3. The Labute approximate surface area is 205 Å². The first-order valence-electron chi connectivity index (χ1n) is 12.7. The van der Waals surface area contributed by atoms with Crippen molar-refractivity contribution in [2.75, 3.05) is 0 Å². The largest absolute Gasteiger partial charge is 0.203 e. The molecule has 0 radical (unpaired) electrons. The van der Waals surface area contributed by atoms with Crippen LogP contribution in [0.4, 0.5) is 17.6 Å². The average molecular weight is 481 g/mol. The Bertz CT molecular complexity index is 1190. The van der Waals surface area contributed by atoms with E-state index in [-0.39, 0.29) is 17.0 Å². The van der Waals surface area contributed by atoms with E-state index in [2.05, 4.69) is 6.92 Å². The summed E-state index contributed by atoms with van der Waals surface area (Å²) < 4.78 is 58.6. The van der Waals surface area contributed by atoms with Crippen LogP contribution in [0.15, 0.2) is 48.5 Å². The predicted molar refractivity (Wildman–Crippen MR) is 136 cm³/mol. The summed E-state index contributed by atoms with van der Waals surface area (Å²) in [6.45, 7) is 4.10. The van der Waals surface area contributed by atoms with E-state index in [1.54, 1.807) is 54.6 Å². The molecule has 0 heterocycles. The van der Waals surface area contributed by atoms with E-state index in [0.717, 1.165) is 44.1 Å². The maximum absolute atomic E-state index is 15.0. The van der Waals surface area contributed by atoms with Gasteiger partial charge in [0.05, 0.1) is 0 Å².